The van der Waals surface area contributed by atoms with E-state index in [4.69, 9.17) is 4.74 Å². The number of para-hydroxylation sites is 2. The van der Waals surface area contributed by atoms with Gasteiger partial charge in [0.15, 0.2) is 5.75 Å². The fourth-order valence-electron chi connectivity index (χ4n) is 4.29. The molecular formula is C26H19N7O12. The molecule has 0 saturated carbocycles. The molecule has 0 aromatic heterocycles. The normalized spacial score (nSPS) is 10.5. The lowest BCUT2D eigenvalue weighted by Gasteiger charge is -2.26. The Bertz CT molecular complexity index is 1830. The predicted molar refractivity (Wildman–Crippen MR) is 156 cm³/mol. The summed E-state index contributed by atoms with van der Waals surface area (Å²) in [4.78, 5) is 55.4. The molecule has 0 radical (unpaired) electrons. The van der Waals surface area contributed by atoms with E-state index in [9.17, 15) is 55.7 Å². The number of nitro groups is 5. The van der Waals surface area contributed by atoms with E-state index in [1.54, 1.807) is 19.1 Å². The summed E-state index contributed by atoms with van der Waals surface area (Å²) >= 11 is 0. The van der Waals surface area contributed by atoms with Gasteiger partial charge in [0, 0.05) is 11.8 Å². The highest BCUT2D eigenvalue weighted by Gasteiger charge is 2.37. The maximum absolute atomic E-state index is 12.2. The summed E-state index contributed by atoms with van der Waals surface area (Å²) in [6.07, 6.45) is 0. The van der Waals surface area contributed by atoms with Gasteiger partial charge in [-0.15, -0.1) is 0 Å². The van der Waals surface area contributed by atoms with Crippen molar-refractivity contribution in [3.05, 3.63) is 129 Å². The molecule has 4 aromatic rings. The Labute approximate surface area is 250 Å². The number of nitrogens with one attached hydrogen (secondary N) is 1. The molecule has 0 unspecified atom stereocenters. The monoisotopic (exact) mass is 621 g/mol. The van der Waals surface area contributed by atoms with Gasteiger partial charge in [0.05, 0.1) is 54.2 Å². The summed E-state index contributed by atoms with van der Waals surface area (Å²) < 4.78 is 5.90. The molecular weight excluding hydrogens is 602 g/mol. The highest BCUT2D eigenvalue weighted by Crippen LogP contribution is 2.51. The number of hydrogen-bond donors (Lipinski definition) is 2. The Balaban J connectivity index is 2.08. The molecule has 0 aliphatic rings. The Morgan fingerprint density at radius 2 is 1.22 bits per heavy atom. The third kappa shape index (κ3) is 6.36. The lowest BCUT2D eigenvalue weighted by Crippen LogP contribution is -2.15. The molecule has 45 heavy (non-hydrogen) atoms. The van der Waals surface area contributed by atoms with E-state index in [0.717, 1.165) is 16.5 Å². The minimum Gasteiger partial charge on any atom is -0.446 e. The number of non-ortho nitro benzene ring substituents is 2. The first-order valence-electron chi connectivity index (χ1n) is 12.4. The maximum Gasteiger partial charge on any atom is 0.320 e. The topological polar surface area (TPSA) is 260 Å². The van der Waals surface area contributed by atoms with Gasteiger partial charge in [-0.2, -0.15) is 0 Å². The zero-order valence-corrected chi connectivity index (χ0v) is 22.8. The summed E-state index contributed by atoms with van der Waals surface area (Å²) in [5.41, 5.74) is -4.99. The number of nitro benzene ring substituents is 5. The first-order chi connectivity index (χ1) is 21.3. The smallest absolute Gasteiger partial charge is 0.320 e. The van der Waals surface area contributed by atoms with Gasteiger partial charge < -0.3 is 15.2 Å². The van der Waals surface area contributed by atoms with Gasteiger partial charge in [-0.25, -0.2) is 0 Å². The minimum absolute atomic E-state index is 0.0867. The molecule has 0 bridgehead atoms. The van der Waals surface area contributed by atoms with Crippen LogP contribution in [-0.4, -0.2) is 36.5 Å². The van der Waals surface area contributed by atoms with Crippen molar-refractivity contribution in [2.75, 3.05) is 16.9 Å². The summed E-state index contributed by atoms with van der Waals surface area (Å²) in [6, 6.07) is 14.0. The first-order valence-corrected chi connectivity index (χ1v) is 12.4. The van der Waals surface area contributed by atoms with Crippen LogP contribution in [0.15, 0.2) is 72.8 Å². The van der Waals surface area contributed by atoms with Crippen LogP contribution < -0.4 is 15.0 Å². The summed E-state index contributed by atoms with van der Waals surface area (Å²) in [7, 11) is 0. The van der Waals surface area contributed by atoms with Crippen molar-refractivity contribution < 1.29 is 34.5 Å². The largest absolute Gasteiger partial charge is 0.446 e. The van der Waals surface area contributed by atoms with E-state index >= 15 is 0 Å². The second-order valence-electron chi connectivity index (χ2n) is 9.04. The second kappa shape index (κ2) is 12.6. The number of benzene rings is 4. The number of nitrogens with zero attached hydrogens (tertiary/aromatic N) is 6. The average molecular weight is 621 g/mol. The Morgan fingerprint density at radius 1 is 0.711 bits per heavy atom. The standard InChI is InChI=1S/C26H19N7O12/c1-15-6-8-16(9-7-15)28(25-21(31(39)40)11-18(30(37)38)12-22(25)32(41)42)20-4-2-3-5-24(20)45-26-19(27-14-34)10-17(29(35)36)13-23(26)33(43)44/h2-13,27,34H,14H2,1H3. The van der Waals surface area contributed by atoms with Crippen molar-refractivity contribution in [3.8, 4) is 11.5 Å². The third-order valence-corrected chi connectivity index (χ3v) is 6.22. The average Bonchev–Trinajstić information content (AvgIpc) is 2.99. The van der Waals surface area contributed by atoms with E-state index in [1.165, 1.54) is 36.4 Å². The molecule has 4 aromatic carbocycles. The van der Waals surface area contributed by atoms with Crippen LogP contribution in [0.2, 0.25) is 0 Å². The van der Waals surface area contributed by atoms with Crippen molar-refractivity contribution in [1.29, 1.82) is 0 Å². The van der Waals surface area contributed by atoms with Gasteiger partial charge in [0.2, 0.25) is 11.4 Å². The zero-order chi connectivity index (χ0) is 33.0. The van der Waals surface area contributed by atoms with E-state index in [-0.39, 0.29) is 22.8 Å². The molecule has 230 valence electrons. The molecule has 0 spiro atoms. The van der Waals surface area contributed by atoms with Crippen LogP contribution in [0.4, 0.5) is 51.2 Å². The van der Waals surface area contributed by atoms with Crippen LogP contribution in [0.1, 0.15) is 5.56 Å². The Morgan fingerprint density at radius 3 is 1.73 bits per heavy atom. The van der Waals surface area contributed by atoms with Gasteiger partial charge in [-0.3, -0.25) is 55.5 Å². The number of anilines is 4. The predicted octanol–water partition coefficient (Wildman–Crippen LogP) is 6.16. The van der Waals surface area contributed by atoms with E-state index in [0.29, 0.717) is 18.2 Å². The molecule has 0 saturated heterocycles. The van der Waals surface area contributed by atoms with Crippen LogP contribution in [-0.2, 0) is 0 Å². The highest BCUT2D eigenvalue weighted by molar-refractivity contribution is 5.91. The molecule has 19 nitrogen and oxygen atoms in total. The van der Waals surface area contributed by atoms with Crippen molar-refractivity contribution in [2.24, 2.45) is 0 Å². The molecule has 0 aliphatic heterocycles. The molecule has 0 atom stereocenters. The molecule has 0 aliphatic carbocycles. The third-order valence-electron chi connectivity index (χ3n) is 6.22. The number of hydrogen-bond acceptors (Lipinski definition) is 14. The zero-order valence-electron chi connectivity index (χ0n) is 22.8. The van der Waals surface area contributed by atoms with Crippen molar-refractivity contribution in [1.82, 2.24) is 0 Å². The van der Waals surface area contributed by atoms with Gasteiger partial charge in [-0.05, 0) is 31.2 Å². The number of rotatable bonds is 12. The molecule has 4 rings (SSSR count). The molecule has 2 N–H and O–H groups in total. The van der Waals surface area contributed by atoms with Crippen molar-refractivity contribution >= 4 is 51.2 Å². The summed E-state index contributed by atoms with van der Waals surface area (Å²) in [5, 5.41) is 71.2. The van der Waals surface area contributed by atoms with Crippen molar-refractivity contribution in [3.63, 3.8) is 0 Å². The summed E-state index contributed by atoms with van der Waals surface area (Å²) in [6.45, 7) is 0.901. The van der Waals surface area contributed by atoms with Gasteiger partial charge >= 0.3 is 17.1 Å². The minimum atomic E-state index is -1.04. The molecule has 0 amide bonds. The summed E-state index contributed by atoms with van der Waals surface area (Å²) in [5.74, 6) is -0.901. The fourth-order valence-corrected chi connectivity index (χ4v) is 4.29. The SMILES string of the molecule is Cc1ccc(N(c2ccccc2Oc2c(NCO)cc([N+](=O)[O-])cc2[N+](=O)[O-])c2c([N+](=O)[O-])cc([N+](=O)[O-])cc2[N+](=O)[O-])cc1. The molecule has 0 heterocycles. The number of aryl methyl sites for hydroxylation is 1. The van der Waals surface area contributed by atoms with E-state index in [2.05, 4.69) is 5.32 Å². The molecule has 19 heteroatoms. The van der Waals surface area contributed by atoms with E-state index < -0.39 is 71.2 Å². The Hall–Kier alpha value is -6.76. The quantitative estimate of drug-likeness (QED) is 0.102. The van der Waals surface area contributed by atoms with Crippen LogP contribution in [0.3, 0.4) is 0 Å². The first kappa shape index (κ1) is 31.2. The van der Waals surface area contributed by atoms with Crippen LogP contribution in [0.5, 0.6) is 11.5 Å². The lowest BCUT2D eigenvalue weighted by molar-refractivity contribution is -0.402. The Kier molecular flexibility index (Phi) is 8.75. The van der Waals surface area contributed by atoms with Gasteiger partial charge in [0.25, 0.3) is 11.4 Å². The van der Waals surface area contributed by atoms with Crippen LogP contribution in [0, 0.1) is 57.5 Å². The number of aliphatic hydroxyl groups is 1. The van der Waals surface area contributed by atoms with Gasteiger partial charge in [-0.1, -0.05) is 29.8 Å². The lowest BCUT2D eigenvalue weighted by atomic mass is 10.1. The van der Waals surface area contributed by atoms with Crippen LogP contribution >= 0.6 is 0 Å². The number of ether oxygens (including phenoxy) is 1. The number of aliphatic hydroxyl groups excluding tert-OH is 1. The highest BCUT2D eigenvalue weighted by atomic mass is 16.6. The second-order valence-corrected chi connectivity index (χ2v) is 9.04. The fraction of sp³-hybridized carbons (Fsp3) is 0.0769. The van der Waals surface area contributed by atoms with Crippen molar-refractivity contribution in [2.45, 2.75) is 6.92 Å². The van der Waals surface area contributed by atoms with E-state index in [1.807, 2.05) is 0 Å². The molecule has 0 fully saturated rings. The van der Waals surface area contributed by atoms with Gasteiger partial charge in [0.1, 0.15) is 6.73 Å². The van der Waals surface area contributed by atoms with Crippen LogP contribution in [0.25, 0.3) is 0 Å². The maximum atomic E-state index is 12.2.